The Morgan fingerprint density at radius 3 is 1.28 bits per heavy atom. The number of Topliss-reactive ketones (excluding diaryl/α,β-unsaturated/α-hetero) is 1. The van der Waals surface area contributed by atoms with Gasteiger partial charge in [-0.25, -0.2) is 0 Å². The Kier molecular flexibility index (Phi) is 4.91. The second-order valence-corrected chi connectivity index (χ2v) is 14.0. The number of fused-ring (bicyclic) bond motifs is 17. The summed E-state index contributed by atoms with van der Waals surface area (Å²) < 4.78 is 13.7. The molecular formula is C43H32O3. The van der Waals surface area contributed by atoms with Crippen LogP contribution in [0.3, 0.4) is 0 Å². The van der Waals surface area contributed by atoms with E-state index in [0.29, 0.717) is 5.78 Å². The molecule has 6 bridgehead atoms. The maximum absolute atomic E-state index is 16.3. The van der Waals surface area contributed by atoms with Crippen LogP contribution in [0.5, 0.6) is 0 Å². The molecule has 3 nitrogen and oxygen atoms in total. The van der Waals surface area contributed by atoms with E-state index in [1.807, 2.05) is 0 Å². The molecule has 4 heterocycles. The molecule has 222 valence electrons. The van der Waals surface area contributed by atoms with Gasteiger partial charge in [0.05, 0.1) is 35.2 Å². The molecule has 5 aromatic carbocycles. The summed E-state index contributed by atoms with van der Waals surface area (Å²) in [5.41, 5.74) is 10.1. The lowest BCUT2D eigenvalue weighted by molar-refractivity contribution is -0.125. The Morgan fingerprint density at radius 2 is 0.870 bits per heavy atom. The molecule has 8 atom stereocenters. The number of carbonyl (C=O) groups excluding carboxylic acids is 1. The van der Waals surface area contributed by atoms with Gasteiger partial charge in [0.2, 0.25) is 0 Å². The molecule has 0 aromatic heterocycles. The van der Waals surface area contributed by atoms with E-state index >= 15 is 4.79 Å². The third kappa shape index (κ3) is 2.79. The maximum atomic E-state index is 16.3. The SMILES string of the molecule is O=C1[C@@]2(c3ccccc3)C(c3ccccc3)=C(c3ccccc3)[C@@]1(c1ccccc1)[C@H]1[C@@H]2[C@H]2O[C@H]1c1cc3c(cc12)[C@H]1CC[C@H]3O1. The molecule has 0 amide bonds. The maximum Gasteiger partial charge on any atom is 0.163 e. The van der Waals surface area contributed by atoms with Crippen LogP contribution in [0.15, 0.2) is 133 Å². The fourth-order valence-electron chi connectivity index (χ4n) is 10.9. The third-order valence-electron chi connectivity index (χ3n) is 12.3. The normalized spacial score (nSPS) is 33.9. The first-order valence-corrected chi connectivity index (χ1v) is 16.7. The zero-order valence-corrected chi connectivity index (χ0v) is 25.3. The molecule has 5 aromatic rings. The standard InChI is InChI=1S/C43H32O3/c44-41-42(27-17-9-3-10-18-27)35(25-13-5-1-6-14-25)36(26-15-7-2-8-16-26)43(41,28-19-11-4-12-20-28)38-37(42)39-31-23-29-30(24-32(31)40(38)46-39)34-22-21-33(29)45-34/h1-20,23-24,33-34,37-40H,21-22H2/t33-,34-,37-,38+,39+,40+,42+,43+/m1/s1. The van der Waals surface area contributed by atoms with Crippen molar-refractivity contribution in [3.05, 3.63) is 178 Å². The van der Waals surface area contributed by atoms with E-state index in [4.69, 9.17) is 9.47 Å². The van der Waals surface area contributed by atoms with Crippen molar-refractivity contribution in [1.29, 1.82) is 0 Å². The fourth-order valence-corrected chi connectivity index (χ4v) is 10.9. The molecule has 1 saturated carbocycles. The number of benzene rings is 5. The van der Waals surface area contributed by atoms with Crippen molar-refractivity contribution in [2.75, 3.05) is 0 Å². The average molecular weight is 597 g/mol. The highest BCUT2D eigenvalue weighted by molar-refractivity contribution is 6.30. The van der Waals surface area contributed by atoms with E-state index in [2.05, 4.69) is 133 Å². The van der Waals surface area contributed by atoms with Crippen LogP contribution < -0.4 is 0 Å². The molecule has 3 fully saturated rings. The Balaban J connectivity index is 1.29. The van der Waals surface area contributed by atoms with E-state index in [1.165, 1.54) is 22.3 Å². The second-order valence-electron chi connectivity index (χ2n) is 14.0. The monoisotopic (exact) mass is 596 g/mol. The molecule has 0 radical (unpaired) electrons. The van der Waals surface area contributed by atoms with Gasteiger partial charge in [-0.3, -0.25) is 4.79 Å². The van der Waals surface area contributed by atoms with Crippen molar-refractivity contribution in [3.8, 4) is 0 Å². The van der Waals surface area contributed by atoms with Crippen LogP contribution in [0.4, 0.5) is 0 Å². The molecule has 0 spiro atoms. The quantitative estimate of drug-likeness (QED) is 0.208. The van der Waals surface area contributed by atoms with E-state index in [1.54, 1.807) is 0 Å². The van der Waals surface area contributed by atoms with Crippen molar-refractivity contribution in [2.45, 2.75) is 48.1 Å². The highest BCUT2D eigenvalue weighted by atomic mass is 16.5. The lowest BCUT2D eigenvalue weighted by Crippen LogP contribution is -2.42. The van der Waals surface area contributed by atoms with Crippen LogP contribution in [-0.2, 0) is 25.1 Å². The number of ketones is 1. The molecule has 2 aliphatic carbocycles. The van der Waals surface area contributed by atoms with Crippen molar-refractivity contribution in [3.63, 3.8) is 0 Å². The number of carbonyl (C=O) groups is 1. The zero-order chi connectivity index (χ0) is 30.2. The first-order chi connectivity index (χ1) is 22.7. The lowest BCUT2D eigenvalue weighted by Gasteiger charge is -2.45. The summed E-state index contributed by atoms with van der Waals surface area (Å²) >= 11 is 0. The van der Waals surface area contributed by atoms with Crippen molar-refractivity contribution in [1.82, 2.24) is 0 Å². The molecule has 46 heavy (non-hydrogen) atoms. The van der Waals surface area contributed by atoms with Crippen LogP contribution in [0.2, 0.25) is 0 Å². The number of rotatable bonds is 4. The summed E-state index contributed by atoms with van der Waals surface area (Å²) in [7, 11) is 0. The number of allylic oxidation sites excluding steroid dienone is 2. The van der Waals surface area contributed by atoms with Crippen molar-refractivity contribution < 1.29 is 14.3 Å². The Hall–Kier alpha value is -4.57. The van der Waals surface area contributed by atoms with E-state index in [-0.39, 0.29) is 36.3 Å². The first kappa shape index (κ1) is 25.6. The van der Waals surface area contributed by atoms with Gasteiger partial charge in [0.15, 0.2) is 5.78 Å². The minimum atomic E-state index is -0.889. The fraction of sp³-hybridized carbons (Fsp3) is 0.233. The topological polar surface area (TPSA) is 35.5 Å². The van der Waals surface area contributed by atoms with Gasteiger partial charge < -0.3 is 9.47 Å². The average Bonchev–Trinajstić information content (AvgIpc) is 3.97. The summed E-state index contributed by atoms with van der Waals surface area (Å²) in [6.07, 6.45) is 2.18. The van der Waals surface area contributed by atoms with Crippen LogP contribution in [0.25, 0.3) is 11.1 Å². The van der Waals surface area contributed by atoms with E-state index < -0.39 is 10.8 Å². The van der Waals surface area contributed by atoms with Crippen LogP contribution in [0, 0.1) is 11.8 Å². The van der Waals surface area contributed by atoms with Gasteiger partial charge in [0.25, 0.3) is 0 Å². The first-order valence-electron chi connectivity index (χ1n) is 16.7. The van der Waals surface area contributed by atoms with Gasteiger partial charge >= 0.3 is 0 Å². The Morgan fingerprint density at radius 1 is 0.478 bits per heavy atom. The molecule has 3 heteroatoms. The summed E-state index contributed by atoms with van der Waals surface area (Å²) in [4.78, 5) is 16.3. The molecule has 2 saturated heterocycles. The van der Waals surface area contributed by atoms with Gasteiger partial charge in [0, 0.05) is 11.8 Å². The largest absolute Gasteiger partial charge is 0.366 e. The zero-order valence-electron chi connectivity index (χ0n) is 25.3. The minimum absolute atomic E-state index is 0.0552. The lowest BCUT2D eigenvalue weighted by atomic mass is 9.54. The second kappa shape index (κ2) is 8.82. The minimum Gasteiger partial charge on any atom is -0.366 e. The summed E-state index contributed by atoms with van der Waals surface area (Å²) in [6, 6.07) is 47.5. The van der Waals surface area contributed by atoms with Gasteiger partial charge in [-0.15, -0.1) is 0 Å². The smallest absolute Gasteiger partial charge is 0.163 e. The number of hydrogen-bond donors (Lipinski definition) is 0. The Bertz CT molecular complexity index is 1960. The van der Waals surface area contributed by atoms with Gasteiger partial charge in [-0.05, 0) is 80.6 Å². The number of hydrogen-bond acceptors (Lipinski definition) is 3. The van der Waals surface area contributed by atoms with Gasteiger partial charge in [-0.2, -0.15) is 0 Å². The number of ether oxygens (including phenoxy) is 2. The van der Waals surface area contributed by atoms with Crippen molar-refractivity contribution in [2.24, 2.45) is 11.8 Å². The van der Waals surface area contributed by atoms with Crippen LogP contribution >= 0.6 is 0 Å². The third-order valence-corrected chi connectivity index (χ3v) is 12.3. The molecule has 6 aliphatic rings. The predicted molar refractivity (Wildman–Crippen MR) is 177 cm³/mol. The van der Waals surface area contributed by atoms with Gasteiger partial charge in [0.1, 0.15) is 0 Å². The Labute approximate surface area is 268 Å². The predicted octanol–water partition coefficient (Wildman–Crippen LogP) is 9.03. The molecule has 4 aliphatic heterocycles. The molecular weight excluding hydrogens is 564 g/mol. The highest BCUT2D eigenvalue weighted by Crippen LogP contribution is 2.81. The molecule has 0 N–H and O–H groups in total. The molecule has 11 rings (SSSR count). The summed E-state index contributed by atoms with van der Waals surface area (Å²) in [5.74, 6) is 0.188. The van der Waals surface area contributed by atoms with Crippen molar-refractivity contribution >= 4 is 16.9 Å². The summed E-state index contributed by atoms with van der Waals surface area (Å²) in [5, 5.41) is 0. The van der Waals surface area contributed by atoms with Crippen LogP contribution in [0.1, 0.15) is 81.8 Å². The highest BCUT2D eigenvalue weighted by Gasteiger charge is 2.82. The van der Waals surface area contributed by atoms with E-state index in [9.17, 15) is 0 Å². The van der Waals surface area contributed by atoms with E-state index in [0.717, 1.165) is 46.2 Å². The van der Waals surface area contributed by atoms with Crippen LogP contribution in [-0.4, -0.2) is 5.78 Å². The summed E-state index contributed by atoms with van der Waals surface area (Å²) in [6.45, 7) is 0. The molecule has 0 unspecified atom stereocenters. The van der Waals surface area contributed by atoms with Gasteiger partial charge in [-0.1, -0.05) is 121 Å².